The Morgan fingerprint density at radius 2 is 1.64 bits per heavy atom. The first-order chi connectivity index (χ1) is 10.5. The molecule has 6 heteroatoms. The molecule has 0 radical (unpaired) electrons. The molecular weight excluding hydrogens is 285 g/mol. The SMILES string of the molecule is CC(C)NC(=O)N1CCCN(C(=O)c2ccc(F)cc2)CC1. The summed E-state index contributed by atoms with van der Waals surface area (Å²) in [6.07, 6.45) is 0.735. The third kappa shape index (κ3) is 4.19. The molecule has 1 aromatic carbocycles. The molecule has 1 saturated heterocycles. The summed E-state index contributed by atoms with van der Waals surface area (Å²) >= 11 is 0. The van der Waals surface area contributed by atoms with E-state index < -0.39 is 0 Å². The van der Waals surface area contributed by atoms with Gasteiger partial charge in [0.05, 0.1) is 0 Å². The molecule has 0 atom stereocenters. The van der Waals surface area contributed by atoms with Crippen molar-refractivity contribution in [3.63, 3.8) is 0 Å². The predicted octanol–water partition coefficient (Wildman–Crippen LogP) is 2.09. The van der Waals surface area contributed by atoms with Crippen LogP contribution in [-0.2, 0) is 0 Å². The highest BCUT2D eigenvalue weighted by atomic mass is 19.1. The van der Waals surface area contributed by atoms with E-state index in [1.807, 2.05) is 13.8 Å². The molecule has 5 nitrogen and oxygen atoms in total. The van der Waals surface area contributed by atoms with Gasteiger partial charge in [0, 0.05) is 37.8 Å². The number of hydrogen-bond donors (Lipinski definition) is 1. The lowest BCUT2D eigenvalue weighted by Crippen LogP contribution is -2.44. The molecule has 1 aromatic rings. The molecule has 0 aromatic heterocycles. The largest absolute Gasteiger partial charge is 0.337 e. The van der Waals surface area contributed by atoms with Crippen molar-refractivity contribution >= 4 is 11.9 Å². The van der Waals surface area contributed by atoms with Crippen LogP contribution in [0.2, 0.25) is 0 Å². The van der Waals surface area contributed by atoms with E-state index in [9.17, 15) is 14.0 Å². The van der Waals surface area contributed by atoms with Crippen molar-refractivity contribution in [2.45, 2.75) is 26.3 Å². The Labute approximate surface area is 130 Å². The number of urea groups is 1. The zero-order valence-electron chi connectivity index (χ0n) is 13.0. The van der Waals surface area contributed by atoms with E-state index in [4.69, 9.17) is 0 Å². The number of halogens is 1. The van der Waals surface area contributed by atoms with Gasteiger partial charge in [-0.15, -0.1) is 0 Å². The first-order valence-corrected chi connectivity index (χ1v) is 7.57. The van der Waals surface area contributed by atoms with Crippen LogP contribution in [0.1, 0.15) is 30.6 Å². The lowest BCUT2D eigenvalue weighted by atomic mass is 10.2. The highest BCUT2D eigenvalue weighted by Crippen LogP contribution is 2.10. The summed E-state index contributed by atoms with van der Waals surface area (Å²) < 4.78 is 12.9. The molecule has 0 spiro atoms. The van der Waals surface area contributed by atoms with Gasteiger partial charge < -0.3 is 15.1 Å². The van der Waals surface area contributed by atoms with Gasteiger partial charge in [-0.3, -0.25) is 4.79 Å². The van der Waals surface area contributed by atoms with Crippen LogP contribution in [0.15, 0.2) is 24.3 Å². The molecule has 1 aliphatic heterocycles. The molecule has 0 saturated carbocycles. The van der Waals surface area contributed by atoms with E-state index in [0.29, 0.717) is 31.7 Å². The number of amides is 3. The summed E-state index contributed by atoms with van der Waals surface area (Å²) in [7, 11) is 0. The van der Waals surface area contributed by atoms with Gasteiger partial charge in [0.1, 0.15) is 5.82 Å². The van der Waals surface area contributed by atoms with Crippen molar-refractivity contribution in [3.8, 4) is 0 Å². The Morgan fingerprint density at radius 3 is 2.27 bits per heavy atom. The molecule has 2 rings (SSSR count). The van der Waals surface area contributed by atoms with E-state index in [0.717, 1.165) is 6.42 Å². The fourth-order valence-electron chi connectivity index (χ4n) is 2.44. The summed E-state index contributed by atoms with van der Waals surface area (Å²) in [5.41, 5.74) is 0.474. The van der Waals surface area contributed by atoms with Crippen LogP contribution >= 0.6 is 0 Å². The summed E-state index contributed by atoms with van der Waals surface area (Å²) in [6.45, 7) is 6.06. The molecule has 1 aliphatic rings. The van der Waals surface area contributed by atoms with E-state index in [1.54, 1.807) is 9.80 Å². The Morgan fingerprint density at radius 1 is 1.05 bits per heavy atom. The lowest BCUT2D eigenvalue weighted by molar-refractivity contribution is 0.0762. The molecular formula is C16H22FN3O2. The van der Waals surface area contributed by atoms with Crippen LogP contribution in [0.25, 0.3) is 0 Å². The van der Waals surface area contributed by atoms with Crippen molar-refractivity contribution in [1.82, 2.24) is 15.1 Å². The van der Waals surface area contributed by atoms with Gasteiger partial charge in [0.15, 0.2) is 0 Å². The minimum atomic E-state index is -0.357. The Hall–Kier alpha value is -2.11. The second kappa shape index (κ2) is 7.24. The molecule has 1 heterocycles. The van der Waals surface area contributed by atoms with E-state index in [1.165, 1.54) is 24.3 Å². The van der Waals surface area contributed by atoms with Gasteiger partial charge in [-0.05, 0) is 44.5 Å². The van der Waals surface area contributed by atoms with Crippen molar-refractivity contribution in [3.05, 3.63) is 35.6 Å². The van der Waals surface area contributed by atoms with Gasteiger partial charge >= 0.3 is 6.03 Å². The van der Waals surface area contributed by atoms with E-state index >= 15 is 0 Å². The summed E-state index contributed by atoms with van der Waals surface area (Å²) in [5.74, 6) is -0.477. The average molecular weight is 307 g/mol. The number of rotatable bonds is 2. The van der Waals surface area contributed by atoms with Crippen LogP contribution in [0, 0.1) is 5.82 Å². The van der Waals surface area contributed by atoms with Crippen molar-refractivity contribution in [2.75, 3.05) is 26.2 Å². The topological polar surface area (TPSA) is 52.7 Å². The first-order valence-electron chi connectivity index (χ1n) is 7.57. The number of carbonyl (C=O) groups is 2. The molecule has 1 fully saturated rings. The Balaban J connectivity index is 1.96. The number of hydrogen-bond acceptors (Lipinski definition) is 2. The van der Waals surface area contributed by atoms with Crippen molar-refractivity contribution in [1.29, 1.82) is 0 Å². The van der Waals surface area contributed by atoms with Gasteiger partial charge in [-0.2, -0.15) is 0 Å². The van der Waals surface area contributed by atoms with Crippen LogP contribution in [0.4, 0.5) is 9.18 Å². The lowest BCUT2D eigenvalue weighted by Gasteiger charge is -2.23. The average Bonchev–Trinajstić information content (AvgIpc) is 2.72. The van der Waals surface area contributed by atoms with Crippen LogP contribution < -0.4 is 5.32 Å². The zero-order valence-corrected chi connectivity index (χ0v) is 13.0. The minimum Gasteiger partial charge on any atom is -0.337 e. The summed E-state index contributed by atoms with van der Waals surface area (Å²) in [6, 6.07) is 5.55. The van der Waals surface area contributed by atoms with Gasteiger partial charge in [0.25, 0.3) is 5.91 Å². The molecule has 22 heavy (non-hydrogen) atoms. The maximum atomic E-state index is 12.9. The van der Waals surface area contributed by atoms with Gasteiger partial charge in [-0.25, -0.2) is 9.18 Å². The normalized spacial score (nSPS) is 15.6. The molecule has 1 N–H and O–H groups in total. The smallest absolute Gasteiger partial charge is 0.317 e. The van der Waals surface area contributed by atoms with Crippen LogP contribution in [0.5, 0.6) is 0 Å². The highest BCUT2D eigenvalue weighted by Gasteiger charge is 2.22. The van der Waals surface area contributed by atoms with Crippen LogP contribution in [0.3, 0.4) is 0 Å². The maximum absolute atomic E-state index is 12.9. The molecule has 3 amide bonds. The molecule has 120 valence electrons. The fraction of sp³-hybridized carbons (Fsp3) is 0.500. The van der Waals surface area contributed by atoms with Crippen molar-refractivity contribution < 1.29 is 14.0 Å². The highest BCUT2D eigenvalue weighted by molar-refractivity contribution is 5.94. The number of benzene rings is 1. The summed E-state index contributed by atoms with van der Waals surface area (Å²) in [5, 5.41) is 2.86. The molecule has 0 aliphatic carbocycles. The van der Waals surface area contributed by atoms with Gasteiger partial charge in [-0.1, -0.05) is 0 Å². The predicted molar refractivity (Wildman–Crippen MR) is 82.2 cm³/mol. The second-order valence-corrected chi connectivity index (χ2v) is 5.74. The number of nitrogens with one attached hydrogen (secondary N) is 1. The summed E-state index contributed by atoms with van der Waals surface area (Å²) in [4.78, 5) is 27.9. The second-order valence-electron chi connectivity index (χ2n) is 5.74. The third-order valence-electron chi connectivity index (χ3n) is 3.57. The Kier molecular flexibility index (Phi) is 5.35. The molecule has 0 unspecified atom stereocenters. The minimum absolute atomic E-state index is 0.0905. The monoisotopic (exact) mass is 307 g/mol. The Bertz CT molecular complexity index is 531. The van der Waals surface area contributed by atoms with E-state index in [2.05, 4.69) is 5.32 Å². The number of nitrogens with zero attached hydrogens (tertiary/aromatic N) is 2. The molecule has 0 bridgehead atoms. The number of carbonyl (C=O) groups excluding carboxylic acids is 2. The third-order valence-corrected chi connectivity index (χ3v) is 3.57. The van der Waals surface area contributed by atoms with Crippen LogP contribution in [-0.4, -0.2) is 54.0 Å². The zero-order chi connectivity index (χ0) is 16.1. The van der Waals surface area contributed by atoms with E-state index in [-0.39, 0.29) is 23.8 Å². The van der Waals surface area contributed by atoms with Gasteiger partial charge in [0.2, 0.25) is 0 Å². The quantitative estimate of drug-likeness (QED) is 0.909. The maximum Gasteiger partial charge on any atom is 0.317 e. The fourth-order valence-corrected chi connectivity index (χ4v) is 2.44. The first kappa shape index (κ1) is 16.3. The van der Waals surface area contributed by atoms with Crippen molar-refractivity contribution in [2.24, 2.45) is 0 Å². The standard InChI is InChI=1S/C16H22FN3O2/c1-12(2)18-16(22)20-9-3-8-19(10-11-20)15(21)13-4-6-14(17)7-5-13/h4-7,12H,3,8-11H2,1-2H3,(H,18,22).